The summed E-state index contributed by atoms with van der Waals surface area (Å²) in [7, 11) is 1.39. The lowest BCUT2D eigenvalue weighted by atomic mass is 10.1. The van der Waals surface area contributed by atoms with Crippen LogP contribution in [0, 0.1) is 10.1 Å². The maximum Gasteiger partial charge on any atom is 0.390 e. The quantitative estimate of drug-likeness (QED) is 0.646. The summed E-state index contributed by atoms with van der Waals surface area (Å²) in [5.74, 6) is 0.391. The Balaban J connectivity index is 2.75. The average molecular weight is 292 g/mol. The van der Waals surface area contributed by atoms with Crippen molar-refractivity contribution >= 4 is 5.69 Å². The van der Waals surface area contributed by atoms with Gasteiger partial charge in [0.15, 0.2) is 0 Å². The second kappa shape index (κ2) is 6.56. The van der Waals surface area contributed by atoms with Crippen molar-refractivity contribution in [3.63, 3.8) is 0 Å². The van der Waals surface area contributed by atoms with Crippen molar-refractivity contribution < 1.29 is 22.8 Å². The maximum absolute atomic E-state index is 12.2. The first-order valence-corrected chi connectivity index (χ1v) is 5.84. The molecule has 0 bridgehead atoms. The number of nitro groups is 1. The van der Waals surface area contributed by atoms with Crippen molar-refractivity contribution in [2.24, 2.45) is 0 Å². The lowest BCUT2D eigenvalue weighted by Crippen LogP contribution is -2.30. The fourth-order valence-electron chi connectivity index (χ4n) is 1.72. The van der Waals surface area contributed by atoms with Crippen LogP contribution in [0.15, 0.2) is 18.2 Å². The fourth-order valence-corrected chi connectivity index (χ4v) is 1.72. The summed E-state index contributed by atoms with van der Waals surface area (Å²) in [6, 6.07) is 3.19. The van der Waals surface area contributed by atoms with E-state index in [-0.39, 0.29) is 12.2 Å². The highest BCUT2D eigenvalue weighted by Crippen LogP contribution is 2.25. The first kappa shape index (κ1) is 16.2. The highest BCUT2D eigenvalue weighted by Gasteiger charge is 2.29. The number of nitrogens with one attached hydrogen (secondary N) is 1. The highest BCUT2D eigenvalue weighted by atomic mass is 19.4. The Kier molecular flexibility index (Phi) is 5.32. The van der Waals surface area contributed by atoms with Gasteiger partial charge in [0, 0.05) is 30.3 Å². The number of alkyl halides is 3. The Morgan fingerprint density at radius 3 is 2.60 bits per heavy atom. The van der Waals surface area contributed by atoms with Gasteiger partial charge in [-0.2, -0.15) is 13.2 Å². The van der Waals surface area contributed by atoms with Gasteiger partial charge in [0.2, 0.25) is 0 Å². The molecule has 1 unspecified atom stereocenters. The minimum absolute atomic E-state index is 0.0576. The molecule has 0 radical (unpaired) electrons. The van der Waals surface area contributed by atoms with E-state index in [4.69, 9.17) is 4.74 Å². The molecule has 0 heterocycles. The van der Waals surface area contributed by atoms with Crippen LogP contribution in [-0.2, 0) is 6.54 Å². The predicted molar refractivity (Wildman–Crippen MR) is 66.6 cm³/mol. The summed E-state index contributed by atoms with van der Waals surface area (Å²) >= 11 is 0. The lowest BCUT2D eigenvalue weighted by molar-refractivity contribution is -0.384. The average Bonchev–Trinajstić information content (AvgIpc) is 2.33. The number of nitro benzene ring substituents is 1. The molecule has 1 atom stereocenters. The lowest BCUT2D eigenvalue weighted by Gasteiger charge is -2.16. The van der Waals surface area contributed by atoms with Crippen molar-refractivity contribution in [3.05, 3.63) is 33.9 Å². The molecule has 0 aliphatic rings. The van der Waals surface area contributed by atoms with Crippen LogP contribution in [0.1, 0.15) is 18.9 Å². The number of hydrogen-bond donors (Lipinski definition) is 1. The van der Waals surface area contributed by atoms with Crippen LogP contribution in [0.25, 0.3) is 0 Å². The van der Waals surface area contributed by atoms with Gasteiger partial charge in [-0.15, -0.1) is 0 Å². The number of rotatable bonds is 6. The standard InChI is InChI=1S/C12H15F3N2O3/c1-8(6-12(13,14)15)16-7-9-5-10(17(18)19)3-4-11(9)20-2/h3-5,8,16H,6-7H2,1-2H3. The van der Waals surface area contributed by atoms with Crippen LogP contribution in [-0.4, -0.2) is 24.3 Å². The molecular formula is C12H15F3N2O3. The van der Waals surface area contributed by atoms with Crippen molar-refractivity contribution in [3.8, 4) is 5.75 Å². The highest BCUT2D eigenvalue weighted by molar-refractivity contribution is 5.43. The molecule has 0 spiro atoms. The smallest absolute Gasteiger partial charge is 0.390 e. The second-order valence-electron chi connectivity index (χ2n) is 4.35. The van der Waals surface area contributed by atoms with E-state index in [1.165, 1.54) is 32.2 Å². The molecule has 20 heavy (non-hydrogen) atoms. The van der Waals surface area contributed by atoms with Gasteiger partial charge < -0.3 is 10.1 Å². The van der Waals surface area contributed by atoms with E-state index < -0.39 is 23.6 Å². The van der Waals surface area contributed by atoms with Crippen LogP contribution >= 0.6 is 0 Å². The molecule has 0 saturated carbocycles. The zero-order valence-corrected chi connectivity index (χ0v) is 11.0. The third-order valence-corrected chi connectivity index (χ3v) is 2.65. The van der Waals surface area contributed by atoms with E-state index in [0.717, 1.165) is 0 Å². The van der Waals surface area contributed by atoms with Crippen LogP contribution in [0.3, 0.4) is 0 Å². The number of methoxy groups -OCH3 is 1. The molecule has 1 aromatic rings. The van der Waals surface area contributed by atoms with Gasteiger partial charge in [-0.1, -0.05) is 0 Å². The number of non-ortho nitro benzene ring substituents is 1. The largest absolute Gasteiger partial charge is 0.496 e. The molecule has 0 saturated heterocycles. The van der Waals surface area contributed by atoms with Gasteiger partial charge in [0.1, 0.15) is 5.75 Å². The van der Waals surface area contributed by atoms with Gasteiger partial charge in [-0.05, 0) is 13.0 Å². The monoisotopic (exact) mass is 292 g/mol. The van der Waals surface area contributed by atoms with Gasteiger partial charge in [0.05, 0.1) is 18.5 Å². The Bertz CT molecular complexity index is 478. The molecule has 0 aliphatic heterocycles. The number of halogens is 3. The van der Waals surface area contributed by atoms with Crippen LogP contribution in [0.4, 0.5) is 18.9 Å². The molecule has 5 nitrogen and oxygen atoms in total. The molecule has 0 amide bonds. The number of benzene rings is 1. The number of nitrogens with zero attached hydrogens (tertiary/aromatic N) is 1. The molecule has 1 rings (SSSR count). The Morgan fingerprint density at radius 2 is 2.10 bits per heavy atom. The van der Waals surface area contributed by atoms with E-state index in [2.05, 4.69) is 5.32 Å². The minimum Gasteiger partial charge on any atom is -0.496 e. The van der Waals surface area contributed by atoms with Crippen molar-refractivity contribution in [1.82, 2.24) is 5.32 Å². The first-order chi connectivity index (χ1) is 9.23. The summed E-state index contributed by atoms with van der Waals surface area (Å²) in [4.78, 5) is 10.1. The third kappa shape index (κ3) is 5.04. The number of ether oxygens (including phenoxy) is 1. The van der Waals surface area contributed by atoms with Crippen molar-refractivity contribution in [2.45, 2.75) is 32.1 Å². The van der Waals surface area contributed by atoms with E-state index in [9.17, 15) is 23.3 Å². The van der Waals surface area contributed by atoms with Crippen molar-refractivity contribution in [2.75, 3.05) is 7.11 Å². The zero-order chi connectivity index (χ0) is 15.3. The number of hydrogen-bond acceptors (Lipinski definition) is 4. The summed E-state index contributed by atoms with van der Waals surface area (Å²) in [6.45, 7) is 1.46. The summed E-state index contributed by atoms with van der Waals surface area (Å²) in [6.07, 6.45) is -5.22. The minimum atomic E-state index is -4.25. The molecular weight excluding hydrogens is 277 g/mol. The van der Waals surface area contributed by atoms with E-state index in [1.54, 1.807) is 0 Å². The maximum atomic E-state index is 12.2. The van der Waals surface area contributed by atoms with E-state index >= 15 is 0 Å². The first-order valence-electron chi connectivity index (χ1n) is 5.84. The fraction of sp³-hybridized carbons (Fsp3) is 0.500. The molecule has 0 aliphatic carbocycles. The van der Waals surface area contributed by atoms with Crippen LogP contribution < -0.4 is 10.1 Å². The molecule has 1 N–H and O–H groups in total. The summed E-state index contributed by atoms with van der Waals surface area (Å²) in [5, 5.41) is 13.3. The van der Waals surface area contributed by atoms with Crippen molar-refractivity contribution in [1.29, 1.82) is 0 Å². The summed E-state index contributed by atoms with van der Waals surface area (Å²) < 4.78 is 41.6. The van der Waals surface area contributed by atoms with Crippen LogP contribution in [0.2, 0.25) is 0 Å². The molecule has 1 aromatic carbocycles. The van der Waals surface area contributed by atoms with Crippen LogP contribution in [0.5, 0.6) is 5.75 Å². The molecule has 0 fully saturated rings. The van der Waals surface area contributed by atoms with E-state index in [1.807, 2.05) is 0 Å². The predicted octanol–water partition coefficient (Wildman–Crippen LogP) is 3.03. The normalized spacial score (nSPS) is 13.1. The second-order valence-corrected chi connectivity index (χ2v) is 4.35. The van der Waals surface area contributed by atoms with Gasteiger partial charge in [-0.25, -0.2) is 0 Å². The molecule has 0 aromatic heterocycles. The Morgan fingerprint density at radius 1 is 1.45 bits per heavy atom. The topological polar surface area (TPSA) is 64.4 Å². The Hall–Kier alpha value is -1.83. The Labute approximate surface area is 113 Å². The third-order valence-electron chi connectivity index (χ3n) is 2.65. The van der Waals surface area contributed by atoms with Gasteiger partial charge in [0.25, 0.3) is 5.69 Å². The molecule has 112 valence electrons. The van der Waals surface area contributed by atoms with Gasteiger partial charge in [-0.3, -0.25) is 10.1 Å². The van der Waals surface area contributed by atoms with Gasteiger partial charge >= 0.3 is 6.18 Å². The summed E-state index contributed by atoms with van der Waals surface area (Å²) in [5.41, 5.74) is 0.307. The zero-order valence-electron chi connectivity index (χ0n) is 11.0. The van der Waals surface area contributed by atoms with E-state index in [0.29, 0.717) is 11.3 Å². The molecule has 8 heteroatoms. The SMILES string of the molecule is COc1ccc([N+](=O)[O-])cc1CNC(C)CC(F)(F)F.